The number of rotatable bonds is 6. The Labute approximate surface area is 101 Å². The Kier molecular flexibility index (Phi) is 4.52. The molecule has 4 heteroatoms. The van der Waals surface area contributed by atoms with E-state index in [0.717, 1.165) is 11.3 Å². The van der Waals surface area contributed by atoms with E-state index >= 15 is 0 Å². The summed E-state index contributed by atoms with van der Waals surface area (Å²) < 4.78 is 5.04. The molecule has 1 aromatic rings. The van der Waals surface area contributed by atoms with Gasteiger partial charge >= 0.3 is 5.97 Å². The highest BCUT2D eigenvalue weighted by Crippen LogP contribution is 2.20. The maximum Gasteiger partial charge on any atom is 0.303 e. The summed E-state index contributed by atoms with van der Waals surface area (Å²) in [7, 11) is 1.60. The average molecular weight is 238 g/mol. The van der Waals surface area contributed by atoms with Crippen molar-refractivity contribution in [3.63, 3.8) is 0 Å². The Morgan fingerprint density at radius 2 is 1.94 bits per heavy atom. The third-order valence-electron chi connectivity index (χ3n) is 2.62. The van der Waals surface area contributed by atoms with Crippen LogP contribution in [0.5, 0.6) is 5.75 Å². The molecular weight excluding hydrogens is 220 g/mol. The molecule has 1 unspecified atom stereocenters. The molecule has 0 aromatic heterocycles. The van der Waals surface area contributed by atoms with Crippen molar-refractivity contribution in [3.8, 4) is 5.75 Å². The van der Waals surface area contributed by atoms with Gasteiger partial charge < -0.3 is 14.9 Å². The minimum Gasteiger partial charge on any atom is -0.497 e. The van der Waals surface area contributed by atoms with Gasteiger partial charge in [0.05, 0.1) is 12.7 Å². The Hall–Kier alpha value is -1.55. The van der Waals surface area contributed by atoms with Gasteiger partial charge in [0, 0.05) is 12.8 Å². The molecule has 17 heavy (non-hydrogen) atoms. The number of aliphatic carboxylic acids is 1. The smallest absolute Gasteiger partial charge is 0.303 e. The molecule has 0 fully saturated rings. The fraction of sp³-hybridized carbons (Fsp3) is 0.462. The molecule has 1 aromatic carbocycles. The van der Waals surface area contributed by atoms with Crippen molar-refractivity contribution in [2.24, 2.45) is 0 Å². The number of carbonyl (C=O) groups is 1. The molecule has 94 valence electrons. The molecule has 0 aliphatic heterocycles. The van der Waals surface area contributed by atoms with E-state index < -0.39 is 11.6 Å². The van der Waals surface area contributed by atoms with E-state index in [2.05, 4.69) is 0 Å². The van der Waals surface area contributed by atoms with Gasteiger partial charge in [-0.3, -0.25) is 4.79 Å². The fourth-order valence-corrected chi connectivity index (χ4v) is 1.65. The number of carboxylic acids is 1. The van der Waals surface area contributed by atoms with Crippen molar-refractivity contribution < 1.29 is 19.7 Å². The van der Waals surface area contributed by atoms with Crippen LogP contribution in [0.4, 0.5) is 0 Å². The van der Waals surface area contributed by atoms with Gasteiger partial charge in [-0.15, -0.1) is 0 Å². The summed E-state index contributed by atoms with van der Waals surface area (Å²) in [4.78, 5) is 10.5. The Bertz CT molecular complexity index is 368. The van der Waals surface area contributed by atoms with Gasteiger partial charge in [-0.25, -0.2) is 0 Å². The molecular formula is C13H18O4. The van der Waals surface area contributed by atoms with Crippen LogP contribution in [0.3, 0.4) is 0 Å². The first-order valence-corrected chi connectivity index (χ1v) is 5.50. The maximum absolute atomic E-state index is 10.5. The maximum atomic E-state index is 10.5. The highest BCUT2D eigenvalue weighted by Gasteiger charge is 2.21. The van der Waals surface area contributed by atoms with Crippen LogP contribution in [-0.4, -0.2) is 28.9 Å². The molecule has 0 amide bonds. The van der Waals surface area contributed by atoms with Crippen molar-refractivity contribution in [3.05, 3.63) is 29.8 Å². The molecule has 0 saturated carbocycles. The first kappa shape index (κ1) is 13.5. The molecule has 0 saturated heterocycles. The standard InChI is InChI=1S/C13H18O4/c1-13(16,8-7-12(14)15)9-10-3-5-11(17-2)6-4-10/h3-6,16H,7-9H2,1-2H3,(H,14,15). The fourth-order valence-electron chi connectivity index (χ4n) is 1.65. The SMILES string of the molecule is COc1ccc(CC(C)(O)CCC(=O)O)cc1. The number of hydrogen-bond acceptors (Lipinski definition) is 3. The summed E-state index contributed by atoms with van der Waals surface area (Å²) in [6, 6.07) is 7.38. The Morgan fingerprint density at radius 1 is 1.35 bits per heavy atom. The molecule has 0 aliphatic rings. The number of carboxylic acid groups (broad SMARTS) is 1. The van der Waals surface area contributed by atoms with Gasteiger partial charge in [0.25, 0.3) is 0 Å². The monoisotopic (exact) mass is 238 g/mol. The zero-order valence-electron chi connectivity index (χ0n) is 10.1. The zero-order chi connectivity index (χ0) is 12.9. The first-order chi connectivity index (χ1) is 7.93. The highest BCUT2D eigenvalue weighted by atomic mass is 16.5. The summed E-state index contributed by atoms with van der Waals surface area (Å²) in [6.45, 7) is 1.65. The van der Waals surface area contributed by atoms with E-state index in [1.807, 2.05) is 24.3 Å². The van der Waals surface area contributed by atoms with E-state index in [-0.39, 0.29) is 12.8 Å². The van der Waals surface area contributed by atoms with Crippen LogP contribution in [0, 0.1) is 0 Å². The summed E-state index contributed by atoms with van der Waals surface area (Å²) in [6.07, 6.45) is 0.655. The zero-order valence-corrected chi connectivity index (χ0v) is 10.1. The molecule has 4 nitrogen and oxygen atoms in total. The predicted molar refractivity (Wildman–Crippen MR) is 64.2 cm³/mol. The second kappa shape index (κ2) is 5.68. The van der Waals surface area contributed by atoms with Crippen molar-refractivity contribution >= 4 is 5.97 Å². The molecule has 0 heterocycles. The summed E-state index contributed by atoms with van der Waals surface area (Å²) in [5.41, 5.74) is -0.0336. The van der Waals surface area contributed by atoms with E-state index in [1.165, 1.54) is 0 Å². The third-order valence-corrected chi connectivity index (χ3v) is 2.62. The van der Waals surface area contributed by atoms with Crippen LogP contribution < -0.4 is 4.74 Å². The van der Waals surface area contributed by atoms with Gasteiger partial charge in [0.2, 0.25) is 0 Å². The van der Waals surface area contributed by atoms with Crippen LogP contribution in [0.15, 0.2) is 24.3 Å². The predicted octanol–water partition coefficient (Wildman–Crippen LogP) is 1.85. The normalized spacial score (nSPS) is 14.1. The lowest BCUT2D eigenvalue weighted by molar-refractivity contribution is -0.138. The Balaban J connectivity index is 2.58. The number of ether oxygens (including phenoxy) is 1. The van der Waals surface area contributed by atoms with E-state index in [9.17, 15) is 9.90 Å². The lowest BCUT2D eigenvalue weighted by Crippen LogP contribution is -2.28. The second-order valence-corrected chi connectivity index (χ2v) is 4.42. The average Bonchev–Trinajstić information content (AvgIpc) is 2.27. The second-order valence-electron chi connectivity index (χ2n) is 4.42. The largest absolute Gasteiger partial charge is 0.497 e. The van der Waals surface area contributed by atoms with E-state index in [0.29, 0.717) is 6.42 Å². The molecule has 1 atom stereocenters. The molecule has 1 rings (SSSR count). The highest BCUT2D eigenvalue weighted by molar-refractivity contribution is 5.66. The summed E-state index contributed by atoms with van der Waals surface area (Å²) in [5, 5.41) is 18.6. The summed E-state index contributed by atoms with van der Waals surface area (Å²) in [5.74, 6) is -0.126. The topological polar surface area (TPSA) is 66.8 Å². The first-order valence-electron chi connectivity index (χ1n) is 5.50. The van der Waals surface area contributed by atoms with Gasteiger partial charge in [0.15, 0.2) is 0 Å². The minimum absolute atomic E-state index is 0.0246. The van der Waals surface area contributed by atoms with Crippen molar-refractivity contribution in [1.82, 2.24) is 0 Å². The van der Waals surface area contributed by atoms with Gasteiger partial charge in [-0.05, 0) is 31.0 Å². The minimum atomic E-state index is -0.993. The molecule has 0 spiro atoms. The molecule has 0 bridgehead atoms. The quantitative estimate of drug-likeness (QED) is 0.793. The van der Waals surface area contributed by atoms with Gasteiger partial charge in [-0.2, -0.15) is 0 Å². The lowest BCUT2D eigenvalue weighted by Gasteiger charge is -2.22. The summed E-state index contributed by atoms with van der Waals surface area (Å²) >= 11 is 0. The van der Waals surface area contributed by atoms with Crippen LogP contribution in [0.2, 0.25) is 0 Å². The van der Waals surface area contributed by atoms with E-state index in [1.54, 1.807) is 14.0 Å². The lowest BCUT2D eigenvalue weighted by atomic mass is 9.92. The van der Waals surface area contributed by atoms with Crippen LogP contribution in [0.25, 0.3) is 0 Å². The van der Waals surface area contributed by atoms with Gasteiger partial charge in [-0.1, -0.05) is 12.1 Å². The number of hydrogen-bond donors (Lipinski definition) is 2. The number of methoxy groups -OCH3 is 1. The van der Waals surface area contributed by atoms with Crippen LogP contribution in [-0.2, 0) is 11.2 Å². The van der Waals surface area contributed by atoms with Crippen molar-refractivity contribution in [2.45, 2.75) is 31.8 Å². The van der Waals surface area contributed by atoms with Gasteiger partial charge in [0.1, 0.15) is 5.75 Å². The molecule has 0 radical (unpaired) electrons. The number of aliphatic hydroxyl groups is 1. The van der Waals surface area contributed by atoms with Crippen LogP contribution in [0.1, 0.15) is 25.3 Å². The van der Waals surface area contributed by atoms with Crippen LogP contribution >= 0.6 is 0 Å². The third kappa shape index (κ3) is 4.87. The van der Waals surface area contributed by atoms with E-state index in [4.69, 9.17) is 9.84 Å². The molecule has 2 N–H and O–H groups in total. The van der Waals surface area contributed by atoms with Crippen molar-refractivity contribution in [1.29, 1.82) is 0 Å². The molecule has 0 aliphatic carbocycles. The van der Waals surface area contributed by atoms with Crippen molar-refractivity contribution in [2.75, 3.05) is 7.11 Å². The Morgan fingerprint density at radius 3 is 2.41 bits per heavy atom. The number of benzene rings is 1.